The average molecular weight is 352 g/mol. The molecule has 2 aromatic rings. The highest BCUT2D eigenvalue weighted by molar-refractivity contribution is 9.10. The van der Waals surface area contributed by atoms with Gasteiger partial charge in [0.1, 0.15) is 5.75 Å². The van der Waals surface area contributed by atoms with Crippen molar-refractivity contribution < 1.29 is 4.74 Å². The largest absolute Gasteiger partial charge is 0.453 e. The zero-order chi connectivity index (χ0) is 15.4. The second kappa shape index (κ2) is 7.09. The second-order valence-corrected chi connectivity index (χ2v) is 6.34. The summed E-state index contributed by atoms with van der Waals surface area (Å²) in [6.45, 7) is 6.26. The number of rotatable bonds is 6. The Balaban J connectivity index is 2.09. The number of hydrogen-bond donors (Lipinski definition) is 1. The summed E-state index contributed by atoms with van der Waals surface area (Å²) in [6, 6.07) is 6.62. The Morgan fingerprint density at radius 1 is 1.38 bits per heavy atom. The molecule has 1 atom stereocenters. The predicted molar refractivity (Wildman–Crippen MR) is 88.8 cm³/mol. The summed E-state index contributed by atoms with van der Waals surface area (Å²) in [5.74, 6) is 1.52. The van der Waals surface area contributed by atoms with Gasteiger partial charge in [-0.3, -0.25) is 4.68 Å². The smallest absolute Gasteiger partial charge is 0.165 e. The van der Waals surface area contributed by atoms with Crippen LogP contribution in [0.2, 0.25) is 0 Å². The highest BCUT2D eigenvalue weighted by Gasteiger charge is 2.09. The van der Waals surface area contributed by atoms with E-state index in [-0.39, 0.29) is 6.04 Å². The van der Waals surface area contributed by atoms with E-state index < -0.39 is 0 Å². The van der Waals surface area contributed by atoms with E-state index in [9.17, 15) is 0 Å². The molecule has 1 unspecified atom stereocenters. The molecule has 0 aliphatic carbocycles. The molecule has 4 nitrogen and oxygen atoms in total. The fraction of sp³-hybridized carbons (Fsp3) is 0.438. The Hall–Kier alpha value is -1.33. The van der Waals surface area contributed by atoms with Crippen LogP contribution in [0.3, 0.4) is 0 Å². The lowest BCUT2D eigenvalue weighted by atomic mass is 10.0. The maximum atomic E-state index is 5.99. The molecule has 114 valence electrons. The van der Waals surface area contributed by atoms with Crippen molar-refractivity contribution in [2.75, 3.05) is 0 Å². The van der Waals surface area contributed by atoms with Gasteiger partial charge >= 0.3 is 0 Å². The van der Waals surface area contributed by atoms with Crippen LogP contribution < -0.4 is 10.5 Å². The SMILES string of the molecule is CCC(N)Cc1ccc(Oc2cnn(C(C)C)c2)c(Br)c1. The maximum absolute atomic E-state index is 5.99. The van der Waals surface area contributed by atoms with Gasteiger partial charge in [0, 0.05) is 12.1 Å². The summed E-state index contributed by atoms with van der Waals surface area (Å²) in [7, 11) is 0. The highest BCUT2D eigenvalue weighted by atomic mass is 79.9. The Kier molecular flexibility index (Phi) is 5.42. The molecule has 1 heterocycles. The van der Waals surface area contributed by atoms with Gasteiger partial charge in [0.15, 0.2) is 5.75 Å². The lowest BCUT2D eigenvalue weighted by Crippen LogP contribution is -2.21. The van der Waals surface area contributed by atoms with E-state index in [4.69, 9.17) is 10.5 Å². The molecule has 2 N–H and O–H groups in total. The van der Waals surface area contributed by atoms with Crippen LogP contribution in [-0.2, 0) is 6.42 Å². The van der Waals surface area contributed by atoms with Gasteiger partial charge in [0.2, 0.25) is 0 Å². The van der Waals surface area contributed by atoms with Crippen LogP contribution >= 0.6 is 15.9 Å². The van der Waals surface area contributed by atoms with Crippen LogP contribution in [0.4, 0.5) is 0 Å². The summed E-state index contributed by atoms with van der Waals surface area (Å²) in [5.41, 5.74) is 7.20. The fourth-order valence-electron chi connectivity index (χ4n) is 1.98. The molecule has 0 spiro atoms. The van der Waals surface area contributed by atoms with Crippen LogP contribution in [0.1, 0.15) is 38.8 Å². The zero-order valence-electron chi connectivity index (χ0n) is 12.7. The quantitative estimate of drug-likeness (QED) is 0.843. The van der Waals surface area contributed by atoms with E-state index in [1.54, 1.807) is 6.20 Å². The molecule has 5 heteroatoms. The molecule has 0 radical (unpaired) electrons. The van der Waals surface area contributed by atoms with Crippen molar-refractivity contribution in [2.45, 2.75) is 45.7 Å². The minimum Gasteiger partial charge on any atom is -0.453 e. The van der Waals surface area contributed by atoms with E-state index in [0.717, 1.165) is 28.8 Å². The molecular weight excluding hydrogens is 330 g/mol. The van der Waals surface area contributed by atoms with Gasteiger partial charge in [-0.1, -0.05) is 13.0 Å². The molecule has 0 aliphatic rings. The normalized spacial score (nSPS) is 12.7. The van der Waals surface area contributed by atoms with Gasteiger partial charge in [-0.2, -0.15) is 5.10 Å². The molecule has 21 heavy (non-hydrogen) atoms. The molecule has 0 bridgehead atoms. The van der Waals surface area contributed by atoms with E-state index in [1.807, 2.05) is 16.9 Å². The Bertz CT molecular complexity index is 595. The predicted octanol–water partition coefficient (Wildman–Crippen LogP) is 4.30. The van der Waals surface area contributed by atoms with Gasteiger partial charge in [0.05, 0.1) is 16.9 Å². The number of nitrogens with zero attached hydrogens (tertiary/aromatic N) is 2. The second-order valence-electron chi connectivity index (χ2n) is 5.49. The van der Waals surface area contributed by atoms with Crippen LogP contribution in [0, 0.1) is 0 Å². The van der Waals surface area contributed by atoms with E-state index in [0.29, 0.717) is 6.04 Å². The summed E-state index contributed by atoms with van der Waals surface area (Å²) >= 11 is 3.56. The molecule has 0 fully saturated rings. The first-order valence-corrected chi connectivity index (χ1v) is 8.05. The fourth-order valence-corrected chi connectivity index (χ4v) is 2.49. The molecule has 0 aliphatic heterocycles. The Morgan fingerprint density at radius 2 is 2.14 bits per heavy atom. The monoisotopic (exact) mass is 351 g/mol. The lowest BCUT2D eigenvalue weighted by Gasteiger charge is -2.11. The molecule has 0 saturated carbocycles. The number of nitrogens with two attached hydrogens (primary N) is 1. The zero-order valence-corrected chi connectivity index (χ0v) is 14.3. The molecule has 0 amide bonds. The van der Waals surface area contributed by atoms with Crippen molar-refractivity contribution in [3.63, 3.8) is 0 Å². The van der Waals surface area contributed by atoms with Crippen molar-refractivity contribution in [2.24, 2.45) is 5.73 Å². The first kappa shape index (κ1) is 16.0. The summed E-state index contributed by atoms with van der Waals surface area (Å²) < 4.78 is 8.67. The van der Waals surface area contributed by atoms with Crippen molar-refractivity contribution >= 4 is 15.9 Å². The summed E-state index contributed by atoms with van der Waals surface area (Å²) in [4.78, 5) is 0. The first-order valence-electron chi connectivity index (χ1n) is 7.25. The third kappa shape index (κ3) is 4.32. The number of halogens is 1. The van der Waals surface area contributed by atoms with Crippen LogP contribution in [0.15, 0.2) is 35.1 Å². The standard InChI is InChI=1S/C16H22BrN3O/c1-4-13(18)7-12-5-6-16(15(17)8-12)21-14-9-19-20(10-14)11(2)3/h5-6,8-11,13H,4,7,18H2,1-3H3. The highest BCUT2D eigenvalue weighted by Crippen LogP contribution is 2.31. The number of ether oxygens (including phenoxy) is 1. The molecule has 0 saturated heterocycles. The maximum Gasteiger partial charge on any atom is 0.165 e. The van der Waals surface area contributed by atoms with Crippen molar-refractivity contribution in [3.05, 3.63) is 40.6 Å². The third-order valence-corrected chi connectivity index (χ3v) is 3.97. The van der Waals surface area contributed by atoms with E-state index >= 15 is 0 Å². The average Bonchev–Trinajstić information content (AvgIpc) is 2.90. The van der Waals surface area contributed by atoms with Gasteiger partial charge < -0.3 is 10.5 Å². The minimum atomic E-state index is 0.202. The first-order chi connectivity index (χ1) is 9.99. The van der Waals surface area contributed by atoms with Crippen molar-refractivity contribution in [1.29, 1.82) is 0 Å². The lowest BCUT2D eigenvalue weighted by molar-refractivity contribution is 0.474. The Labute approximate surface area is 134 Å². The van der Waals surface area contributed by atoms with Crippen LogP contribution in [0.25, 0.3) is 0 Å². The molecular formula is C16H22BrN3O. The van der Waals surface area contributed by atoms with Crippen molar-refractivity contribution in [1.82, 2.24) is 9.78 Å². The number of aromatic nitrogens is 2. The topological polar surface area (TPSA) is 53.1 Å². The van der Waals surface area contributed by atoms with Crippen molar-refractivity contribution in [3.8, 4) is 11.5 Å². The molecule has 2 rings (SSSR count). The number of benzene rings is 1. The minimum absolute atomic E-state index is 0.202. The van der Waals surface area contributed by atoms with Crippen LogP contribution in [0.5, 0.6) is 11.5 Å². The third-order valence-electron chi connectivity index (χ3n) is 3.35. The van der Waals surface area contributed by atoms with Gasteiger partial charge in [-0.25, -0.2) is 0 Å². The summed E-state index contributed by atoms with van der Waals surface area (Å²) in [6.07, 6.45) is 5.48. The van der Waals surface area contributed by atoms with Gasteiger partial charge in [-0.05, 0) is 60.3 Å². The molecule has 1 aromatic carbocycles. The number of hydrogen-bond acceptors (Lipinski definition) is 3. The Morgan fingerprint density at radius 3 is 2.71 bits per heavy atom. The van der Waals surface area contributed by atoms with E-state index in [1.165, 1.54) is 5.56 Å². The van der Waals surface area contributed by atoms with Gasteiger partial charge in [-0.15, -0.1) is 0 Å². The molecule has 1 aromatic heterocycles. The summed E-state index contributed by atoms with van der Waals surface area (Å²) in [5, 5.41) is 4.27. The van der Waals surface area contributed by atoms with Gasteiger partial charge in [0.25, 0.3) is 0 Å². The van der Waals surface area contributed by atoms with E-state index in [2.05, 4.69) is 53.9 Å². The van der Waals surface area contributed by atoms with Crippen LogP contribution in [-0.4, -0.2) is 15.8 Å².